The van der Waals surface area contributed by atoms with Gasteiger partial charge in [0.2, 0.25) is 5.89 Å². The van der Waals surface area contributed by atoms with Crippen molar-refractivity contribution in [1.29, 1.82) is 0 Å². The van der Waals surface area contributed by atoms with E-state index in [1.54, 1.807) is 0 Å². The summed E-state index contributed by atoms with van der Waals surface area (Å²) in [7, 11) is 0. The quantitative estimate of drug-likeness (QED) is 0.918. The van der Waals surface area contributed by atoms with Crippen molar-refractivity contribution < 1.29 is 4.52 Å². The Morgan fingerprint density at radius 3 is 2.58 bits per heavy atom. The third kappa shape index (κ3) is 3.22. The summed E-state index contributed by atoms with van der Waals surface area (Å²) in [5.74, 6) is 1.33. The molecule has 0 aliphatic rings. The Balaban J connectivity index is 2.15. The van der Waals surface area contributed by atoms with Crippen LogP contribution in [0, 0.1) is 0 Å². The fraction of sp³-hybridized carbons (Fsp3) is 0.429. The topological polar surface area (TPSA) is 64.9 Å². The molecule has 1 atom stereocenters. The highest BCUT2D eigenvalue weighted by atomic mass is 79.9. The Morgan fingerprint density at radius 2 is 2.00 bits per heavy atom. The van der Waals surface area contributed by atoms with Gasteiger partial charge in [0.1, 0.15) is 0 Å². The summed E-state index contributed by atoms with van der Waals surface area (Å²) in [6.45, 7) is 4.62. The first kappa shape index (κ1) is 14.2. The van der Waals surface area contributed by atoms with Crippen LogP contribution in [0.3, 0.4) is 0 Å². The second-order valence-corrected chi connectivity index (χ2v) is 5.85. The molecule has 2 N–H and O–H groups in total. The summed E-state index contributed by atoms with van der Waals surface area (Å²) in [6, 6.07) is 8.10. The molecule has 0 aliphatic heterocycles. The van der Waals surface area contributed by atoms with Gasteiger partial charge < -0.3 is 10.3 Å². The van der Waals surface area contributed by atoms with Crippen molar-refractivity contribution in [3.63, 3.8) is 0 Å². The fourth-order valence-electron chi connectivity index (χ4n) is 1.74. The average Bonchev–Trinajstić information content (AvgIpc) is 2.89. The van der Waals surface area contributed by atoms with E-state index < -0.39 is 0 Å². The minimum atomic E-state index is -0.231. The zero-order valence-corrected chi connectivity index (χ0v) is 12.8. The van der Waals surface area contributed by atoms with Gasteiger partial charge in [0.15, 0.2) is 5.82 Å². The molecule has 1 heterocycles. The normalized spacial score (nSPS) is 14.3. The molecule has 0 spiro atoms. The van der Waals surface area contributed by atoms with Crippen LogP contribution in [0.5, 0.6) is 0 Å². The highest BCUT2D eigenvalue weighted by Crippen LogP contribution is 2.24. The summed E-state index contributed by atoms with van der Waals surface area (Å²) >= 11 is 3.42. The van der Waals surface area contributed by atoms with Crippen molar-refractivity contribution in [3.05, 3.63) is 46.0 Å². The Labute approximate surface area is 121 Å². The predicted molar refractivity (Wildman–Crippen MR) is 77.9 cm³/mol. The summed E-state index contributed by atoms with van der Waals surface area (Å²) < 4.78 is 6.42. The van der Waals surface area contributed by atoms with Crippen molar-refractivity contribution in [3.8, 4) is 0 Å². The maximum absolute atomic E-state index is 5.80. The van der Waals surface area contributed by atoms with E-state index >= 15 is 0 Å². The molecule has 0 fully saturated rings. The van der Waals surface area contributed by atoms with Crippen LogP contribution in [0.2, 0.25) is 0 Å². The van der Waals surface area contributed by atoms with E-state index in [2.05, 4.69) is 33.0 Å². The van der Waals surface area contributed by atoms with Gasteiger partial charge >= 0.3 is 0 Å². The van der Waals surface area contributed by atoms with E-state index in [-0.39, 0.29) is 5.41 Å². The average molecular weight is 324 g/mol. The highest BCUT2D eigenvalue weighted by Gasteiger charge is 2.29. The van der Waals surface area contributed by atoms with E-state index in [4.69, 9.17) is 10.3 Å². The lowest BCUT2D eigenvalue weighted by molar-refractivity contribution is 0.289. The molecule has 0 bridgehead atoms. The Hall–Kier alpha value is -1.20. The van der Waals surface area contributed by atoms with Crippen LogP contribution >= 0.6 is 15.9 Å². The first-order valence-electron chi connectivity index (χ1n) is 6.35. The van der Waals surface area contributed by atoms with E-state index in [9.17, 15) is 0 Å². The Bertz CT molecular complexity index is 532. The Kier molecular flexibility index (Phi) is 4.37. The summed E-state index contributed by atoms with van der Waals surface area (Å²) in [6.07, 6.45) is 1.55. The number of aromatic nitrogens is 2. The zero-order valence-electron chi connectivity index (χ0n) is 11.2. The lowest BCUT2D eigenvalue weighted by atomic mass is 9.88. The van der Waals surface area contributed by atoms with Crippen molar-refractivity contribution in [2.24, 2.45) is 5.73 Å². The molecule has 4 nitrogen and oxygen atoms in total. The SMILES string of the molecule is CCC(C)(CN)c1nc(Cc2ccc(Br)cc2)no1. The van der Waals surface area contributed by atoms with Crippen LogP contribution in [0.1, 0.15) is 37.5 Å². The molecule has 2 aromatic rings. The van der Waals surface area contributed by atoms with Gasteiger partial charge in [0.05, 0.1) is 5.41 Å². The molecule has 1 unspecified atom stereocenters. The van der Waals surface area contributed by atoms with Gasteiger partial charge in [-0.1, -0.05) is 40.1 Å². The van der Waals surface area contributed by atoms with Crippen molar-refractivity contribution in [2.45, 2.75) is 32.1 Å². The van der Waals surface area contributed by atoms with E-state index in [0.29, 0.717) is 24.7 Å². The maximum atomic E-state index is 5.80. The number of rotatable bonds is 5. The standard InChI is InChI=1S/C14H18BrN3O/c1-3-14(2,9-16)13-17-12(18-19-13)8-10-4-6-11(15)7-5-10/h4-7H,3,8-9,16H2,1-2H3. The third-order valence-electron chi connectivity index (χ3n) is 3.49. The highest BCUT2D eigenvalue weighted by molar-refractivity contribution is 9.10. The molecule has 0 amide bonds. The van der Waals surface area contributed by atoms with Crippen LogP contribution in [0.15, 0.2) is 33.3 Å². The van der Waals surface area contributed by atoms with Gasteiger partial charge in [-0.3, -0.25) is 0 Å². The Morgan fingerprint density at radius 1 is 1.32 bits per heavy atom. The molecule has 2 rings (SSSR count). The van der Waals surface area contributed by atoms with Gasteiger partial charge in [-0.25, -0.2) is 0 Å². The number of hydrogen-bond acceptors (Lipinski definition) is 4. The third-order valence-corrected chi connectivity index (χ3v) is 4.02. The van der Waals surface area contributed by atoms with Crippen LogP contribution in [0.4, 0.5) is 0 Å². The van der Waals surface area contributed by atoms with E-state index in [1.807, 2.05) is 31.2 Å². The van der Waals surface area contributed by atoms with Crippen LogP contribution in [-0.4, -0.2) is 16.7 Å². The second kappa shape index (κ2) is 5.84. The zero-order chi connectivity index (χ0) is 13.9. The molecule has 19 heavy (non-hydrogen) atoms. The minimum absolute atomic E-state index is 0.231. The van der Waals surface area contributed by atoms with Crippen LogP contribution in [0.25, 0.3) is 0 Å². The molecule has 102 valence electrons. The monoisotopic (exact) mass is 323 g/mol. The minimum Gasteiger partial charge on any atom is -0.339 e. The summed E-state index contributed by atoms with van der Waals surface area (Å²) in [5.41, 5.74) is 6.72. The van der Waals surface area contributed by atoms with Gasteiger partial charge in [0.25, 0.3) is 0 Å². The number of nitrogens with zero attached hydrogens (tertiary/aromatic N) is 2. The van der Waals surface area contributed by atoms with Crippen LogP contribution in [-0.2, 0) is 11.8 Å². The van der Waals surface area contributed by atoms with Crippen LogP contribution < -0.4 is 5.73 Å². The van der Waals surface area contributed by atoms with E-state index in [0.717, 1.165) is 16.5 Å². The predicted octanol–water partition coefficient (Wildman–Crippen LogP) is 3.05. The van der Waals surface area contributed by atoms with Gasteiger partial charge in [-0.2, -0.15) is 4.98 Å². The summed E-state index contributed by atoms with van der Waals surface area (Å²) in [4.78, 5) is 4.47. The molecule has 0 aliphatic carbocycles. The van der Waals surface area contributed by atoms with E-state index in [1.165, 1.54) is 0 Å². The lowest BCUT2D eigenvalue weighted by Crippen LogP contribution is -2.31. The van der Waals surface area contributed by atoms with Gasteiger partial charge in [-0.05, 0) is 31.0 Å². The molecule has 0 saturated heterocycles. The number of hydrogen-bond donors (Lipinski definition) is 1. The molecule has 5 heteroatoms. The van der Waals surface area contributed by atoms with Crippen molar-refractivity contribution >= 4 is 15.9 Å². The maximum Gasteiger partial charge on any atom is 0.233 e. The first-order chi connectivity index (χ1) is 9.07. The van der Waals surface area contributed by atoms with Gasteiger partial charge in [-0.15, -0.1) is 0 Å². The smallest absolute Gasteiger partial charge is 0.233 e. The number of halogens is 1. The second-order valence-electron chi connectivity index (χ2n) is 4.94. The fourth-order valence-corrected chi connectivity index (χ4v) is 2.00. The summed E-state index contributed by atoms with van der Waals surface area (Å²) in [5, 5.41) is 4.04. The molecule has 1 aromatic carbocycles. The molecule has 0 radical (unpaired) electrons. The molecule has 1 aromatic heterocycles. The van der Waals surface area contributed by atoms with Crippen molar-refractivity contribution in [2.75, 3.05) is 6.54 Å². The largest absolute Gasteiger partial charge is 0.339 e. The molecular weight excluding hydrogens is 306 g/mol. The van der Waals surface area contributed by atoms with Gasteiger partial charge in [0, 0.05) is 17.4 Å². The number of nitrogens with two attached hydrogens (primary N) is 1. The first-order valence-corrected chi connectivity index (χ1v) is 7.14. The number of benzene rings is 1. The molecular formula is C14H18BrN3O. The van der Waals surface area contributed by atoms with Crippen molar-refractivity contribution in [1.82, 2.24) is 10.1 Å². The lowest BCUT2D eigenvalue weighted by Gasteiger charge is -2.20. The molecule has 0 saturated carbocycles.